The lowest BCUT2D eigenvalue weighted by molar-refractivity contribution is 0.236. The minimum Gasteiger partial charge on any atom is -0.495 e. The molecule has 0 bridgehead atoms. The number of urea groups is 1. The van der Waals surface area contributed by atoms with E-state index in [0.717, 1.165) is 42.4 Å². The molecule has 0 unspecified atom stereocenters. The molecule has 7 heteroatoms. The number of oxazole rings is 1. The minimum atomic E-state index is -0.208. The fourth-order valence-corrected chi connectivity index (χ4v) is 3.00. The smallest absolute Gasteiger partial charge is 0.315 e. The SMILES string of the molecule is COc1ccccc1N1CC[C@@H](NC(=O)NCc2nc(C)c(C)o2)C1. The summed E-state index contributed by atoms with van der Waals surface area (Å²) in [7, 11) is 1.67. The molecule has 1 aliphatic rings. The first-order valence-electron chi connectivity index (χ1n) is 8.42. The predicted octanol–water partition coefficient (Wildman–Crippen LogP) is 2.38. The third kappa shape index (κ3) is 4.04. The van der Waals surface area contributed by atoms with Crippen molar-refractivity contribution in [1.29, 1.82) is 0 Å². The number of carbonyl (C=O) groups is 1. The Hall–Kier alpha value is -2.70. The van der Waals surface area contributed by atoms with Crippen LogP contribution in [0, 0.1) is 13.8 Å². The number of aromatic nitrogens is 1. The van der Waals surface area contributed by atoms with E-state index in [1.807, 2.05) is 38.1 Å². The molecule has 2 N–H and O–H groups in total. The Balaban J connectivity index is 1.50. The topological polar surface area (TPSA) is 79.6 Å². The molecule has 0 aliphatic carbocycles. The highest BCUT2D eigenvalue weighted by Gasteiger charge is 2.25. The van der Waals surface area contributed by atoms with E-state index < -0.39 is 0 Å². The van der Waals surface area contributed by atoms with Crippen LogP contribution in [0.5, 0.6) is 5.75 Å². The van der Waals surface area contributed by atoms with Crippen molar-refractivity contribution in [3.63, 3.8) is 0 Å². The van der Waals surface area contributed by atoms with E-state index in [0.29, 0.717) is 5.89 Å². The first-order chi connectivity index (χ1) is 12.1. The largest absolute Gasteiger partial charge is 0.495 e. The molecule has 1 aromatic carbocycles. The number of amides is 2. The summed E-state index contributed by atoms with van der Waals surface area (Å²) < 4.78 is 10.9. The molecule has 1 saturated heterocycles. The summed E-state index contributed by atoms with van der Waals surface area (Å²) in [6.07, 6.45) is 0.892. The average Bonchev–Trinajstić information content (AvgIpc) is 3.20. The molecular formula is C18H24N4O3. The van der Waals surface area contributed by atoms with Crippen LogP contribution in [0.25, 0.3) is 0 Å². The van der Waals surface area contributed by atoms with Gasteiger partial charge in [0.1, 0.15) is 11.5 Å². The molecule has 1 atom stereocenters. The van der Waals surface area contributed by atoms with Crippen molar-refractivity contribution in [2.24, 2.45) is 0 Å². The number of anilines is 1. The Morgan fingerprint density at radius 2 is 2.20 bits per heavy atom. The van der Waals surface area contributed by atoms with Crippen LogP contribution >= 0.6 is 0 Å². The van der Waals surface area contributed by atoms with Crippen LogP contribution in [0.2, 0.25) is 0 Å². The van der Waals surface area contributed by atoms with Gasteiger partial charge < -0.3 is 24.7 Å². The van der Waals surface area contributed by atoms with Gasteiger partial charge in [0.05, 0.1) is 25.0 Å². The number of carbonyl (C=O) groups excluding carboxylic acids is 1. The number of benzene rings is 1. The average molecular weight is 344 g/mol. The maximum atomic E-state index is 12.1. The Morgan fingerprint density at radius 3 is 2.92 bits per heavy atom. The highest BCUT2D eigenvalue weighted by molar-refractivity contribution is 5.74. The first-order valence-corrected chi connectivity index (χ1v) is 8.42. The van der Waals surface area contributed by atoms with E-state index in [1.54, 1.807) is 7.11 Å². The summed E-state index contributed by atoms with van der Waals surface area (Å²) in [6.45, 7) is 5.65. The minimum absolute atomic E-state index is 0.0953. The van der Waals surface area contributed by atoms with Gasteiger partial charge in [0.2, 0.25) is 5.89 Å². The van der Waals surface area contributed by atoms with Gasteiger partial charge in [-0.25, -0.2) is 9.78 Å². The van der Waals surface area contributed by atoms with Crippen molar-refractivity contribution in [2.45, 2.75) is 32.9 Å². The molecule has 1 aliphatic heterocycles. The van der Waals surface area contributed by atoms with Gasteiger partial charge in [-0.2, -0.15) is 0 Å². The quantitative estimate of drug-likeness (QED) is 0.870. The lowest BCUT2D eigenvalue weighted by Crippen LogP contribution is -2.43. The van der Waals surface area contributed by atoms with Gasteiger partial charge in [-0.1, -0.05) is 12.1 Å². The number of rotatable bonds is 5. The monoisotopic (exact) mass is 344 g/mol. The van der Waals surface area contributed by atoms with Crippen LogP contribution < -0.4 is 20.3 Å². The van der Waals surface area contributed by atoms with Crippen molar-refractivity contribution in [1.82, 2.24) is 15.6 Å². The van der Waals surface area contributed by atoms with Crippen LogP contribution in [-0.2, 0) is 6.54 Å². The van der Waals surface area contributed by atoms with Gasteiger partial charge in [0, 0.05) is 19.1 Å². The van der Waals surface area contributed by atoms with E-state index in [9.17, 15) is 4.79 Å². The maximum absolute atomic E-state index is 12.1. The fourth-order valence-electron chi connectivity index (χ4n) is 3.00. The number of nitrogens with zero attached hydrogens (tertiary/aromatic N) is 2. The zero-order valence-corrected chi connectivity index (χ0v) is 14.8. The molecule has 2 heterocycles. The summed E-state index contributed by atoms with van der Waals surface area (Å²) >= 11 is 0. The van der Waals surface area contributed by atoms with Gasteiger partial charge in [-0.3, -0.25) is 0 Å². The number of methoxy groups -OCH3 is 1. The Bertz CT molecular complexity index is 724. The van der Waals surface area contributed by atoms with Gasteiger partial charge in [0.15, 0.2) is 0 Å². The van der Waals surface area contributed by atoms with Crippen molar-refractivity contribution < 1.29 is 13.9 Å². The summed E-state index contributed by atoms with van der Waals surface area (Å²) in [5.74, 6) is 2.15. The van der Waals surface area contributed by atoms with Gasteiger partial charge in [-0.05, 0) is 32.4 Å². The zero-order valence-electron chi connectivity index (χ0n) is 14.8. The zero-order chi connectivity index (χ0) is 17.8. The van der Waals surface area contributed by atoms with Crippen LogP contribution in [0.4, 0.5) is 10.5 Å². The molecule has 0 saturated carbocycles. The van der Waals surface area contributed by atoms with Crippen molar-refractivity contribution in [3.8, 4) is 5.75 Å². The summed E-state index contributed by atoms with van der Waals surface area (Å²) in [6, 6.07) is 7.81. The molecule has 134 valence electrons. The number of para-hydroxylation sites is 2. The number of ether oxygens (including phenoxy) is 1. The number of hydrogen-bond donors (Lipinski definition) is 2. The third-order valence-corrected chi connectivity index (χ3v) is 4.42. The molecule has 2 aromatic rings. The highest BCUT2D eigenvalue weighted by atomic mass is 16.5. The number of nitrogens with one attached hydrogen (secondary N) is 2. The Morgan fingerprint density at radius 1 is 1.40 bits per heavy atom. The predicted molar refractivity (Wildman–Crippen MR) is 95.0 cm³/mol. The molecule has 1 aromatic heterocycles. The van der Waals surface area contributed by atoms with E-state index >= 15 is 0 Å². The number of aryl methyl sites for hydroxylation is 2. The molecule has 2 amide bonds. The lowest BCUT2D eigenvalue weighted by atomic mass is 10.2. The summed E-state index contributed by atoms with van der Waals surface area (Å²) in [4.78, 5) is 18.6. The lowest BCUT2D eigenvalue weighted by Gasteiger charge is -2.21. The molecular weight excluding hydrogens is 320 g/mol. The van der Waals surface area contributed by atoms with Crippen molar-refractivity contribution >= 4 is 11.7 Å². The standard InChI is InChI=1S/C18H24N4O3/c1-12-13(2)25-17(20-12)10-19-18(23)21-14-8-9-22(11-14)15-6-4-5-7-16(15)24-3/h4-7,14H,8-11H2,1-3H3,(H2,19,21,23)/t14-/m1/s1. The second kappa shape index (κ2) is 7.46. The summed E-state index contributed by atoms with van der Waals surface area (Å²) in [5, 5.41) is 5.80. The van der Waals surface area contributed by atoms with Crippen molar-refractivity contribution in [3.05, 3.63) is 41.6 Å². The van der Waals surface area contributed by atoms with E-state index in [4.69, 9.17) is 9.15 Å². The van der Waals surface area contributed by atoms with E-state index in [2.05, 4.69) is 20.5 Å². The van der Waals surface area contributed by atoms with Gasteiger partial charge >= 0.3 is 6.03 Å². The van der Waals surface area contributed by atoms with Crippen LogP contribution in [-0.4, -0.2) is 37.3 Å². The Kier molecular flexibility index (Phi) is 5.11. The maximum Gasteiger partial charge on any atom is 0.315 e. The summed E-state index contributed by atoms with van der Waals surface area (Å²) in [5.41, 5.74) is 1.90. The van der Waals surface area contributed by atoms with Crippen LogP contribution in [0.15, 0.2) is 28.7 Å². The van der Waals surface area contributed by atoms with Crippen LogP contribution in [0.1, 0.15) is 23.8 Å². The molecule has 3 rings (SSSR count). The molecule has 25 heavy (non-hydrogen) atoms. The first kappa shape index (κ1) is 17.1. The molecule has 1 fully saturated rings. The second-order valence-corrected chi connectivity index (χ2v) is 6.18. The third-order valence-electron chi connectivity index (χ3n) is 4.42. The Labute approximate surface area is 147 Å². The fraction of sp³-hybridized carbons (Fsp3) is 0.444. The second-order valence-electron chi connectivity index (χ2n) is 6.18. The number of hydrogen-bond acceptors (Lipinski definition) is 5. The van der Waals surface area contributed by atoms with Crippen molar-refractivity contribution in [2.75, 3.05) is 25.1 Å². The molecule has 0 spiro atoms. The van der Waals surface area contributed by atoms with E-state index in [-0.39, 0.29) is 18.6 Å². The van der Waals surface area contributed by atoms with Crippen LogP contribution in [0.3, 0.4) is 0 Å². The normalized spacial score (nSPS) is 16.8. The van der Waals surface area contributed by atoms with Gasteiger partial charge in [-0.15, -0.1) is 0 Å². The molecule has 7 nitrogen and oxygen atoms in total. The van der Waals surface area contributed by atoms with Gasteiger partial charge in [0.25, 0.3) is 0 Å². The molecule has 0 radical (unpaired) electrons. The highest BCUT2D eigenvalue weighted by Crippen LogP contribution is 2.30. The van der Waals surface area contributed by atoms with E-state index in [1.165, 1.54) is 0 Å².